The number of carbonyl (C=O) groups excluding carboxylic acids is 1. The number of rotatable bonds is 7. The van der Waals surface area contributed by atoms with Gasteiger partial charge >= 0.3 is 5.97 Å². The van der Waals surface area contributed by atoms with Crippen molar-refractivity contribution in [2.45, 2.75) is 17.5 Å². The Morgan fingerprint density at radius 2 is 1.96 bits per heavy atom. The number of thioether (sulfide) groups is 1. The molecule has 3 heterocycles. The monoisotopic (exact) mass is 394 g/mol. The topological polar surface area (TPSA) is 70.4 Å². The van der Waals surface area contributed by atoms with E-state index in [1.165, 1.54) is 25.1 Å². The van der Waals surface area contributed by atoms with Crippen LogP contribution in [-0.2, 0) is 17.0 Å². The van der Waals surface area contributed by atoms with Crippen molar-refractivity contribution in [3.63, 3.8) is 0 Å². The first kappa shape index (κ1) is 18.2. The standard InChI is InChI=1S/C21H18N2O4S/c1-25-20(24)17-9-11-27-19(17)14-28-21-22-12-18(15-6-3-2-4-7-15)23(21)13-16-8-5-10-26-16/h2-12H,13-14H2,1H3. The Balaban J connectivity index is 1.63. The normalized spacial score (nSPS) is 10.9. The van der Waals surface area contributed by atoms with Crippen LogP contribution in [0.1, 0.15) is 21.9 Å². The van der Waals surface area contributed by atoms with Crippen LogP contribution in [-0.4, -0.2) is 22.6 Å². The lowest BCUT2D eigenvalue weighted by Crippen LogP contribution is -2.04. The molecule has 6 nitrogen and oxygen atoms in total. The lowest BCUT2D eigenvalue weighted by atomic mass is 10.2. The fourth-order valence-corrected chi connectivity index (χ4v) is 3.83. The summed E-state index contributed by atoms with van der Waals surface area (Å²) in [5.74, 6) is 1.45. The third kappa shape index (κ3) is 3.75. The van der Waals surface area contributed by atoms with Gasteiger partial charge in [0.15, 0.2) is 5.16 Å². The number of nitrogens with zero attached hydrogens (tertiary/aromatic N) is 2. The largest absolute Gasteiger partial charge is 0.468 e. The molecule has 3 aromatic heterocycles. The average molecular weight is 394 g/mol. The van der Waals surface area contributed by atoms with Gasteiger partial charge in [0, 0.05) is 0 Å². The van der Waals surface area contributed by atoms with Gasteiger partial charge in [0.1, 0.15) is 17.1 Å². The van der Waals surface area contributed by atoms with Gasteiger partial charge in [-0.2, -0.15) is 0 Å². The molecular formula is C21H18N2O4S. The van der Waals surface area contributed by atoms with Crippen LogP contribution >= 0.6 is 11.8 Å². The summed E-state index contributed by atoms with van der Waals surface area (Å²) >= 11 is 1.49. The summed E-state index contributed by atoms with van der Waals surface area (Å²) in [7, 11) is 1.36. The van der Waals surface area contributed by atoms with Gasteiger partial charge in [-0.05, 0) is 23.8 Å². The molecule has 0 unspecified atom stereocenters. The van der Waals surface area contributed by atoms with Gasteiger partial charge < -0.3 is 18.1 Å². The molecule has 0 N–H and O–H groups in total. The summed E-state index contributed by atoms with van der Waals surface area (Å²) in [5, 5.41) is 0.808. The van der Waals surface area contributed by atoms with E-state index in [0.29, 0.717) is 23.6 Å². The number of hydrogen-bond donors (Lipinski definition) is 0. The van der Waals surface area contributed by atoms with Crippen molar-refractivity contribution in [2.24, 2.45) is 0 Å². The van der Waals surface area contributed by atoms with Gasteiger partial charge in [0.05, 0.1) is 43.8 Å². The SMILES string of the molecule is COC(=O)c1ccoc1CSc1ncc(-c2ccccc2)n1Cc1ccco1. The number of benzene rings is 1. The Labute approximate surface area is 166 Å². The third-order valence-electron chi connectivity index (χ3n) is 4.27. The number of hydrogen-bond acceptors (Lipinski definition) is 6. The molecule has 0 saturated carbocycles. The Morgan fingerprint density at radius 3 is 2.71 bits per heavy atom. The quantitative estimate of drug-likeness (QED) is 0.329. The van der Waals surface area contributed by atoms with Crippen LogP contribution in [0.2, 0.25) is 0 Å². The van der Waals surface area contributed by atoms with E-state index in [0.717, 1.165) is 22.2 Å². The molecule has 0 radical (unpaired) electrons. The fourth-order valence-electron chi connectivity index (χ4n) is 2.90. The molecule has 0 aliphatic carbocycles. The summed E-state index contributed by atoms with van der Waals surface area (Å²) in [5.41, 5.74) is 2.50. The molecule has 4 aromatic rings. The number of aromatic nitrogens is 2. The van der Waals surface area contributed by atoms with E-state index in [9.17, 15) is 4.79 Å². The van der Waals surface area contributed by atoms with E-state index in [4.69, 9.17) is 13.6 Å². The molecule has 0 bridgehead atoms. The number of carbonyl (C=O) groups is 1. The zero-order chi connectivity index (χ0) is 19.3. The number of ether oxygens (including phenoxy) is 1. The summed E-state index contributed by atoms with van der Waals surface area (Å²) in [6, 6.07) is 15.5. The van der Waals surface area contributed by atoms with Gasteiger partial charge in [-0.1, -0.05) is 42.1 Å². The van der Waals surface area contributed by atoms with Crippen molar-refractivity contribution in [1.82, 2.24) is 9.55 Å². The van der Waals surface area contributed by atoms with Crippen LogP contribution in [0.15, 0.2) is 81.2 Å². The summed E-state index contributed by atoms with van der Waals surface area (Å²) in [6.45, 7) is 0.557. The molecule has 0 amide bonds. The molecule has 0 aliphatic rings. The molecular weight excluding hydrogens is 376 g/mol. The van der Waals surface area contributed by atoms with Gasteiger partial charge in [-0.25, -0.2) is 9.78 Å². The number of methoxy groups -OCH3 is 1. The molecule has 0 saturated heterocycles. The summed E-state index contributed by atoms with van der Waals surface area (Å²) in [4.78, 5) is 16.4. The van der Waals surface area contributed by atoms with Crippen LogP contribution in [0, 0.1) is 0 Å². The van der Waals surface area contributed by atoms with Crippen LogP contribution < -0.4 is 0 Å². The molecule has 0 fully saturated rings. The maximum atomic E-state index is 11.8. The highest BCUT2D eigenvalue weighted by molar-refractivity contribution is 7.98. The minimum atomic E-state index is -0.409. The Bertz CT molecular complexity index is 1050. The number of furan rings is 2. The second kappa shape index (κ2) is 8.22. The van der Waals surface area contributed by atoms with Crippen molar-refractivity contribution in [2.75, 3.05) is 7.11 Å². The lowest BCUT2D eigenvalue weighted by Gasteiger charge is -2.10. The van der Waals surface area contributed by atoms with E-state index in [1.807, 2.05) is 48.7 Å². The minimum Gasteiger partial charge on any atom is -0.468 e. The van der Waals surface area contributed by atoms with Gasteiger partial charge in [-0.3, -0.25) is 0 Å². The van der Waals surface area contributed by atoms with E-state index in [1.54, 1.807) is 12.3 Å². The second-order valence-electron chi connectivity index (χ2n) is 6.00. The predicted octanol–water partition coefficient (Wildman–Crippen LogP) is 4.86. The first-order valence-corrected chi connectivity index (χ1v) is 9.65. The fraction of sp³-hybridized carbons (Fsp3) is 0.143. The zero-order valence-electron chi connectivity index (χ0n) is 15.2. The number of esters is 1. The van der Waals surface area contributed by atoms with Gasteiger partial charge in [0.2, 0.25) is 0 Å². The van der Waals surface area contributed by atoms with Crippen molar-refractivity contribution in [3.8, 4) is 11.3 Å². The Morgan fingerprint density at radius 1 is 1.11 bits per heavy atom. The molecule has 4 rings (SSSR count). The van der Waals surface area contributed by atoms with Crippen LogP contribution in [0.25, 0.3) is 11.3 Å². The molecule has 28 heavy (non-hydrogen) atoms. The Kier molecular flexibility index (Phi) is 5.34. The van der Waals surface area contributed by atoms with Crippen molar-refractivity contribution >= 4 is 17.7 Å². The molecule has 0 atom stereocenters. The van der Waals surface area contributed by atoms with Crippen LogP contribution in [0.3, 0.4) is 0 Å². The van der Waals surface area contributed by atoms with Crippen LogP contribution in [0.5, 0.6) is 0 Å². The molecule has 142 valence electrons. The highest BCUT2D eigenvalue weighted by Gasteiger charge is 2.18. The van der Waals surface area contributed by atoms with Crippen molar-refractivity contribution < 1.29 is 18.4 Å². The van der Waals surface area contributed by atoms with Gasteiger partial charge in [0.25, 0.3) is 0 Å². The minimum absolute atomic E-state index is 0.409. The highest BCUT2D eigenvalue weighted by atomic mass is 32.2. The molecule has 0 aliphatic heterocycles. The first-order chi connectivity index (χ1) is 13.8. The van der Waals surface area contributed by atoms with Gasteiger partial charge in [-0.15, -0.1) is 0 Å². The zero-order valence-corrected chi connectivity index (χ0v) is 16.0. The van der Waals surface area contributed by atoms with Crippen molar-refractivity contribution in [3.05, 3.63) is 84.3 Å². The molecule has 7 heteroatoms. The van der Waals surface area contributed by atoms with E-state index < -0.39 is 5.97 Å². The van der Waals surface area contributed by atoms with E-state index in [-0.39, 0.29) is 0 Å². The van der Waals surface area contributed by atoms with Crippen LogP contribution in [0.4, 0.5) is 0 Å². The number of imidazole rings is 1. The maximum Gasteiger partial charge on any atom is 0.341 e. The third-order valence-corrected chi connectivity index (χ3v) is 5.26. The van der Waals surface area contributed by atoms with E-state index in [2.05, 4.69) is 9.55 Å². The molecule has 1 aromatic carbocycles. The highest BCUT2D eigenvalue weighted by Crippen LogP contribution is 2.30. The summed E-state index contributed by atoms with van der Waals surface area (Å²) < 4.78 is 17.9. The smallest absolute Gasteiger partial charge is 0.341 e. The maximum absolute atomic E-state index is 11.8. The van der Waals surface area contributed by atoms with E-state index >= 15 is 0 Å². The second-order valence-corrected chi connectivity index (χ2v) is 6.94. The Hall–Kier alpha value is -3.19. The lowest BCUT2D eigenvalue weighted by molar-refractivity contribution is 0.0598. The predicted molar refractivity (Wildman–Crippen MR) is 105 cm³/mol. The first-order valence-electron chi connectivity index (χ1n) is 8.67. The van der Waals surface area contributed by atoms with Crippen molar-refractivity contribution in [1.29, 1.82) is 0 Å². The molecule has 0 spiro atoms. The summed E-state index contributed by atoms with van der Waals surface area (Å²) in [6.07, 6.45) is 5.00. The average Bonchev–Trinajstić information content (AvgIpc) is 3.48.